The van der Waals surface area contributed by atoms with Gasteiger partial charge in [-0.15, -0.1) is 0 Å². The number of nitrogens with zero attached hydrogens (tertiary/aromatic N) is 1. The molecule has 6 nitrogen and oxygen atoms in total. The molecule has 24 heavy (non-hydrogen) atoms. The first-order valence-corrected chi connectivity index (χ1v) is 8.19. The maximum atomic E-state index is 12.5. The zero-order chi connectivity index (χ0) is 17.5. The van der Waals surface area contributed by atoms with Gasteiger partial charge in [0.05, 0.1) is 11.9 Å². The van der Waals surface area contributed by atoms with Gasteiger partial charge in [-0.05, 0) is 51.2 Å². The van der Waals surface area contributed by atoms with E-state index in [1.54, 1.807) is 33.2 Å². The Hall–Kier alpha value is -2.37. The third kappa shape index (κ3) is 3.13. The van der Waals surface area contributed by atoms with Crippen molar-refractivity contribution < 1.29 is 14.3 Å². The van der Waals surface area contributed by atoms with Crippen molar-refractivity contribution in [2.24, 2.45) is 11.8 Å². The van der Waals surface area contributed by atoms with Crippen LogP contribution in [0.5, 0.6) is 0 Å². The Labute approximate surface area is 141 Å². The van der Waals surface area contributed by atoms with Crippen molar-refractivity contribution in [2.45, 2.75) is 45.1 Å². The molecular formula is C18H23N3O3. The van der Waals surface area contributed by atoms with E-state index in [-0.39, 0.29) is 17.7 Å². The van der Waals surface area contributed by atoms with Gasteiger partial charge in [-0.2, -0.15) is 0 Å². The fourth-order valence-corrected chi connectivity index (χ4v) is 3.49. The molecule has 2 aliphatic rings. The maximum absolute atomic E-state index is 12.5. The van der Waals surface area contributed by atoms with Gasteiger partial charge in [-0.3, -0.25) is 14.6 Å². The second-order valence-corrected chi connectivity index (χ2v) is 7.44. The van der Waals surface area contributed by atoms with E-state index in [1.807, 2.05) is 12.1 Å². The second kappa shape index (κ2) is 5.92. The number of rotatable bonds is 2. The van der Waals surface area contributed by atoms with Crippen molar-refractivity contribution in [3.05, 3.63) is 35.8 Å². The van der Waals surface area contributed by atoms with E-state index in [4.69, 9.17) is 10.5 Å². The molecule has 0 spiro atoms. The molecule has 3 atom stereocenters. The van der Waals surface area contributed by atoms with Gasteiger partial charge in [0.15, 0.2) is 0 Å². The standard InChI is InChI=1S/C18H23N3O3/c1-18(2,3)24-17(23)15-12-8-10(4-5-14(12)21-16(15)22)11-6-7-20-9-13(11)19/h5-7,9-10,12,15H,4,8,19H2,1-3H3,(H,21,22). The number of hydrogen-bond acceptors (Lipinski definition) is 5. The molecule has 1 amide bonds. The summed E-state index contributed by atoms with van der Waals surface area (Å²) in [5.41, 5.74) is 7.91. The summed E-state index contributed by atoms with van der Waals surface area (Å²) in [6.07, 6.45) is 6.82. The Morgan fingerprint density at radius 2 is 2.17 bits per heavy atom. The number of nitrogens with one attached hydrogen (secondary N) is 1. The Morgan fingerprint density at radius 3 is 2.83 bits per heavy atom. The highest BCUT2D eigenvalue weighted by Gasteiger charge is 2.47. The maximum Gasteiger partial charge on any atom is 0.319 e. The van der Waals surface area contributed by atoms with Crippen LogP contribution in [0.1, 0.15) is 45.1 Å². The van der Waals surface area contributed by atoms with Crippen LogP contribution in [0.4, 0.5) is 5.69 Å². The summed E-state index contributed by atoms with van der Waals surface area (Å²) in [5, 5.41) is 2.84. The molecule has 1 aromatic rings. The number of nitrogen functional groups attached to an aromatic ring is 1. The lowest BCUT2D eigenvalue weighted by molar-refractivity contribution is -0.162. The Bertz CT molecular complexity index is 706. The molecule has 2 heterocycles. The summed E-state index contributed by atoms with van der Waals surface area (Å²) in [6.45, 7) is 5.40. The molecule has 1 aliphatic carbocycles. The predicted molar refractivity (Wildman–Crippen MR) is 89.7 cm³/mol. The van der Waals surface area contributed by atoms with E-state index >= 15 is 0 Å². The van der Waals surface area contributed by atoms with Gasteiger partial charge < -0.3 is 15.8 Å². The number of hydrogen-bond donors (Lipinski definition) is 2. The molecule has 0 bridgehead atoms. The highest BCUT2D eigenvalue weighted by Crippen LogP contribution is 2.43. The van der Waals surface area contributed by atoms with Crippen LogP contribution < -0.4 is 11.1 Å². The lowest BCUT2D eigenvalue weighted by Gasteiger charge is -2.29. The van der Waals surface area contributed by atoms with Gasteiger partial charge in [0.25, 0.3) is 0 Å². The minimum absolute atomic E-state index is 0.166. The number of pyridine rings is 1. The average Bonchev–Trinajstić information content (AvgIpc) is 2.81. The molecule has 0 aromatic carbocycles. The summed E-state index contributed by atoms with van der Waals surface area (Å²) in [6, 6.07) is 1.91. The van der Waals surface area contributed by atoms with Crippen molar-refractivity contribution >= 4 is 17.6 Å². The van der Waals surface area contributed by atoms with E-state index < -0.39 is 17.5 Å². The number of aromatic nitrogens is 1. The highest BCUT2D eigenvalue weighted by atomic mass is 16.6. The number of allylic oxidation sites excluding steroid dienone is 2. The number of nitrogens with two attached hydrogens (primary N) is 1. The monoisotopic (exact) mass is 329 g/mol. The molecule has 0 radical (unpaired) electrons. The van der Waals surface area contributed by atoms with Gasteiger partial charge in [-0.25, -0.2) is 0 Å². The number of amides is 1. The van der Waals surface area contributed by atoms with Crippen LogP contribution in [0.15, 0.2) is 30.2 Å². The molecule has 1 aromatic heterocycles. The number of carbonyl (C=O) groups is 2. The van der Waals surface area contributed by atoms with Crippen LogP contribution in [-0.2, 0) is 14.3 Å². The molecule has 6 heteroatoms. The van der Waals surface area contributed by atoms with Crippen LogP contribution >= 0.6 is 0 Å². The molecule has 0 saturated carbocycles. The van der Waals surface area contributed by atoms with E-state index in [0.717, 1.165) is 17.7 Å². The number of ether oxygens (including phenoxy) is 1. The first-order valence-electron chi connectivity index (χ1n) is 8.19. The molecule has 128 valence electrons. The molecule has 1 fully saturated rings. The second-order valence-electron chi connectivity index (χ2n) is 7.44. The molecule has 1 aliphatic heterocycles. The van der Waals surface area contributed by atoms with E-state index in [1.165, 1.54) is 0 Å². The van der Waals surface area contributed by atoms with Gasteiger partial charge in [0.1, 0.15) is 11.5 Å². The zero-order valence-electron chi connectivity index (χ0n) is 14.2. The summed E-state index contributed by atoms with van der Waals surface area (Å²) >= 11 is 0. The number of fused-ring (bicyclic) bond motifs is 1. The molecule has 1 saturated heterocycles. The van der Waals surface area contributed by atoms with Crippen molar-refractivity contribution in [1.29, 1.82) is 0 Å². The molecule has 3 unspecified atom stereocenters. The molecule has 3 rings (SSSR count). The predicted octanol–water partition coefficient (Wildman–Crippen LogP) is 2.13. The van der Waals surface area contributed by atoms with Crippen LogP contribution in [0.2, 0.25) is 0 Å². The molecular weight excluding hydrogens is 306 g/mol. The van der Waals surface area contributed by atoms with Crippen LogP contribution in [0.3, 0.4) is 0 Å². The van der Waals surface area contributed by atoms with Gasteiger partial charge in [0.2, 0.25) is 5.91 Å². The van der Waals surface area contributed by atoms with Crippen LogP contribution in [0, 0.1) is 11.8 Å². The average molecular weight is 329 g/mol. The minimum Gasteiger partial charge on any atom is -0.459 e. The summed E-state index contributed by atoms with van der Waals surface area (Å²) < 4.78 is 5.44. The van der Waals surface area contributed by atoms with Gasteiger partial charge >= 0.3 is 5.97 Å². The molecule has 3 N–H and O–H groups in total. The number of anilines is 1. The first-order chi connectivity index (χ1) is 11.3. The Balaban J connectivity index is 1.84. The van der Waals surface area contributed by atoms with Gasteiger partial charge in [0, 0.05) is 17.8 Å². The lowest BCUT2D eigenvalue weighted by atomic mass is 9.76. The Kier molecular flexibility index (Phi) is 4.07. The lowest BCUT2D eigenvalue weighted by Crippen LogP contribution is -2.35. The highest BCUT2D eigenvalue weighted by molar-refractivity contribution is 6.01. The normalized spacial score (nSPS) is 26.4. The SMILES string of the molecule is CC(C)(C)OC(=O)C1C(=O)NC2=CCC(c3ccncc3N)CC21. The van der Waals surface area contributed by atoms with Crippen molar-refractivity contribution in [2.75, 3.05) is 5.73 Å². The topological polar surface area (TPSA) is 94.3 Å². The van der Waals surface area contributed by atoms with Crippen LogP contribution in [-0.4, -0.2) is 22.5 Å². The quantitative estimate of drug-likeness (QED) is 0.640. The van der Waals surface area contributed by atoms with E-state index in [2.05, 4.69) is 10.3 Å². The summed E-state index contributed by atoms with van der Waals surface area (Å²) in [4.78, 5) is 28.8. The Morgan fingerprint density at radius 1 is 1.42 bits per heavy atom. The minimum atomic E-state index is -0.790. The third-order valence-electron chi connectivity index (χ3n) is 4.50. The van der Waals surface area contributed by atoms with Crippen molar-refractivity contribution in [3.63, 3.8) is 0 Å². The smallest absolute Gasteiger partial charge is 0.319 e. The van der Waals surface area contributed by atoms with Crippen molar-refractivity contribution in [3.8, 4) is 0 Å². The first kappa shape index (κ1) is 16.5. The third-order valence-corrected chi connectivity index (χ3v) is 4.50. The van der Waals surface area contributed by atoms with E-state index in [9.17, 15) is 9.59 Å². The number of esters is 1. The largest absolute Gasteiger partial charge is 0.459 e. The fraction of sp³-hybridized carbons (Fsp3) is 0.500. The van der Waals surface area contributed by atoms with Crippen LogP contribution in [0.25, 0.3) is 0 Å². The zero-order valence-corrected chi connectivity index (χ0v) is 14.2. The van der Waals surface area contributed by atoms with Gasteiger partial charge in [-0.1, -0.05) is 6.08 Å². The summed E-state index contributed by atoms with van der Waals surface area (Å²) in [7, 11) is 0. The summed E-state index contributed by atoms with van der Waals surface area (Å²) in [5.74, 6) is -1.54. The fourth-order valence-electron chi connectivity index (χ4n) is 3.49. The van der Waals surface area contributed by atoms with Crippen molar-refractivity contribution in [1.82, 2.24) is 10.3 Å². The van der Waals surface area contributed by atoms with E-state index in [0.29, 0.717) is 12.1 Å². The number of carbonyl (C=O) groups excluding carboxylic acids is 2.